The van der Waals surface area contributed by atoms with Crippen molar-refractivity contribution in [3.8, 4) is 161 Å². The van der Waals surface area contributed by atoms with Crippen molar-refractivity contribution in [1.82, 2.24) is 59.8 Å². The maximum atomic E-state index is 10.5. The molecule has 18 aromatic carbocycles. The first-order chi connectivity index (χ1) is 64.2. The van der Waals surface area contributed by atoms with E-state index >= 15 is 0 Å². The summed E-state index contributed by atoms with van der Waals surface area (Å²) in [6, 6.07) is 96.7. The Balaban J connectivity index is 0.000000114. The van der Waals surface area contributed by atoms with Gasteiger partial charge in [0.05, 0.1) is 47.7 Å². The number of aromatic hydroxyl groups is 8. The number of aromatic nitrogens is 12. The van der Waals surface area contributed by atoms with Crippen LogP contribution < -0.4 is 18.9 Å². The maximum Gasteiger partial charge on any atom is 0.320 e. The molecule has 0 saturated heterocycles. The molecule has 4 heterocycles. The number of ether oxygens (including phenoxy) is 4. The minimum atomic E-state index is -0.154. The van der Waals surface area contributed by atoms with Crippen molar-refractivity contribution in [3.63, 3.8) is 0 Å². The second kappa shape index (κ2) is 35.7. The third-order valence-electron chi connectivity index (χ3n) is 22.3. The molecule has 24 nitrogen and oxygen atoms in total. The van der Waals surface area contributed by atoms with Gasteiger partial charge < -0.3 is 59.8 Å². The first-order valence-corrected chi connectivity index (χ1v) is 42.8. The van der Waals surface area contributed by atoms with Gasteiger partial charge in [0.15, 0.2) is 46.6 Å². The first-order valence-electron chi connectivity index (χ1n) is 42.8. The molecule has 0 amide bonds. The summed E-state index contributed by atoms with van der Waals surface area (Å²) in [4.78, 5) is 54.6. The summed E-state index contributed by atoms with van der Waals surface area (Å²) < 4.78 is 22.9. The molecule has 0 atom stereocenters. The summed E-state index contributed by atoms with van der Waals surface area (Å²) in [7, 11) is 0. The van der Waals surface area contributed by atoms with Crippen molar-refractivity contribution in [3.05, 3.63) is 303 Å². The van der Waals surface area contributed by atoms with Crippen LogP contribution in [0.25, 0.3) is 199 Å². The van der Waals surface area contributed by atoms with Gasteiger partial charge in [-0.2, -0.15) is 39.9 Å². The van der Waals surface area contributed by atoms with E-state index in [1.165, 1.54) is 70.1 Å². The summed E-state index contributed by atoms with van der Waals surface area (Å²) in [5, 5.41) is 103. The fourth-order valence-electron chi connectivity index (χ4n) is 16.4. The van der Waals surface area contributed by atoms with Crippen LogP contribution in [-0.2, 0) is 0 Å². The van der Waals surface area contributed by atoms with Crippen molar-refractivity contribution >= 4 is 108 Å². The van der Waals surface area contributed by atoms with E-state index in [1.807, 2.05) is 133 Å². The Morgan fingerprint density at radius 2 is 0.530 bits per heavy atom. The quantitative estimate of drug-likeness (QED) is 0.0329. The minimum absolute atomic E-state index is 0.0395. The molecule has 0 spiro atoms. The molecular weight excluding hydrogens is 1660 g/mol. The highest BCUT2D eigenvalue weighted by molar-refractivity contribution is 6.26. The summed E-state index contributed by atoms with van der Waals surface area (Å²) in [6.07, 6.45) is -0.284. The zero-order valence-electron chi connectivity index (χ0n) is 72.0. The third-order valence-corrected chi connectivity index (χ3v) is 22.3. The molecule has 0 aliphatic carbocycles. The molecular formula is C108H82N12O12. The number of hydrogen-bond donors (Lipinski definition) is 8. The van der Waals surface area contributed by atoms with E-state index in [2.05, 4.69) is 194 Å². The molecule has 24 heteroatoms. The van der Waals surface area contributed by atoms with Gasteiger partial charge in [0.2, 0.25) is 0 Å². The van der Waals surface area contributed by atoms with Crippen LogP contribution in [0.3, 0.4) is 0 Å². The number of hydrogen-bond acceptors (Lipinski definition) is 24. The van der Waals surface area contributed by atoms with Gasteiger partial charge in [-0.05, 0) is 234 Å². The van der Waals surface area contributed by atoms with Gasteiger partial charge in [-0.1, -0.05) is 194 Å². The Morgan fingerprint density at radius 1 is 0.212 bits per heavy atom. The van der Waals surface area contributed by atoms with Gasteiger partial charge in [-0.15, -0.1) is 0 Å². The summed E-state index contributed by atoms with van der Waals surface area (Å²) in [5.41, 5.74) is 4.86. The van der Waals surface area contributed by atoms with Crippen LogP contribution in [0.4, 0.5) is 0 Å². The average molecular weight is 1740 g/mol. The Kier molecular flexibility index (Phi) is 22.7. The van der Waals surface area contributed by atoms with Crippen LogP contribution in [0, 0.1) is 0 Å². The van der Waals surface area contributed by atoms with E-state index in [-0.39, 0.29) is 106 Å². The van der Waals surface area contributed by atoms with Crippen molar-refractivity contribution in [1.29, 1.82) is 0 Å². The van der Waals surface area contributed by atoms with Crippen molar-refractivity contribution < 1.29 is 59.8 Å². The van der Waals surface area contributed by atoms with Gasteiger partial charge in [0, 0.05) is 46.5 Å². The molecule has 22 aromatic rings. The summed E-state index contributed by atoms with van der Waals surface area (Å²) >= 11 is 0. The molecule has 0 aliphatic rings. The standard InChI is InChI=1S/C30H23N3O3.C27H19N3O3.C26H21N3O3.C25H19N3O3/c1-17(2)36-30-32-28(24-14-12-19(34)15-27(24)35)31-29(33-30)26-16-25-20-8-4-3-7-18(20)11-13-23(25)21-9-5-6-10-22(21)26;1-2-33-27-29-25(28-26(30-27)21-13-10-18(31)14-22(21)32)20-12-9-17-7-6-15-4-3-5-16-8-11-19(20)24(17)23(15)16;1-15(2)32-26-28-24(27-25(29-26)22-10-9-21(30)14-23(22)31)19-8-7-18-11-16-5-3-4-6-17(16)12-20(18)13-19;1-2-31-25-27-23(20-12-11-16(29)14-22(20)30)26-24(28-25)21-13-15-7-3-4-8-17(15)18-9-5-6-10-19(18)21/h3-17,34-35H,1-2H3;3-14,31-32H,2H2,1H3;3-15,30-31H,1-2H3;3-14,29-30H,2H2,1H3. The van der Waals surface area contributed by atoms with Gasteiger partial charge in [0.1, 0.15) is 46.0 Å². The zero-order chi connectivity index (χ0) is 91.0. The largest absolute Gasteiger partial charge is 0.508 e. The van der Waals surface area contributed by atoms with E-state index in [0.29, 0.717) is 58.8 Å². The van der Waals surface area contributed by atoms with Crippen LogP contribution in [0.1, 0.15) is 41.5 Å². The molecule has 0 aliphatic heterocycles. The highest BCUT2D eigenvalue weighted by Gasteiger charge is 2.25. The second-order valence-electron chi connectivity index (χ2n) is 31.8. The van der Waals surface area contributed by atoms with Crippen LogP contribution in [0.2, 0.25) is 0 Å². The number of fused-ring (bicyclic) bond motifs is 10. The number of nitrogens with zero attached hydrogens (tertiary/aromatic N) is 12. The van der Waals surface area contributed by atoms with E-state index in [9.17, 15) is 40.9 Å². The molecule has 646 valence electrons. The predicted molar refractivity (Wildman–Crippen MR) is 516 cm³/mol. The second-order valence-corrected chi connectivity index (χ2v) is 31.8. The molecule has 0 saturated carbocycles. The van der Waals surface area contributed by atoms with Crippen molar-refractivity contribution in [2.75, 3.05) is 13.2 Å². The monoisotopic (exact) mass is 1740 g/mol. The molecule has 22 rings (SSSR count). The number of rotatable bonds is 16. The molecule has 0 fully saturated rings. The van der Waals surface area contributed by atoms with Gasteiger partial charge in [-0.3, -0.25) is 0 Å². The first kappa shape index (κ1) is 84.0. The lowest BCUT2D eigenvalue weighted by molar-refractivity contribution is 0.221. The van der Waals surface area contributed by atoms with Crippen LogP contribution in [0.15, 0.2) is 303 Å². The number of phenolic OH excluding ortho intramolecular Hbond substituents is 8. The fourth-order valence-corrected chi connectivity index (χ4v) is 16.4. The maximum absolute atomic E-state index is 10.5. The van der Waals surface area contributed by atoms with E-state index in [1.54, 1.807) is 24.3 Å². The molecule has 132 heavy (non-hydrogen) atoms. The molecule has 8 N–H and O–H groups in total. The summed E-state index contributed by atoms with van der Waals surface area (Å²) in [6.45, 7) is 12.1. The molecule has 0 unspecified atom stereocenters. The zero-order valence-corrected chi connectivity index (χ0v) is 72.0. The van der Waals surface area contributed by atoms with E-state index < -0.39 is 0 Å². The van der Waals surface area contributed by atoms with E-state index in [4.69, 9.17) is 23.9 Å². The number of benzene rings is 18. The Morgan fingerprint density at radius 3 is 1.01 bits per heavy atom. The summed E-state index contributed by atoms with van der Waals surface area (Å²) in [5.74, 6) is 2.18. The average Bonchev–Trinajstić information content (AvgIpc) is 0.733. The van der Waals surface area contributed by atoms with Gasteiger partial charge in [-0.25, -0.2) is 19.9 Å². The Bertz CT molecular complexity index is 8230. The highest BCUT2D eigenvalue weighted by Crippen LogP contribution is 2.45. The lowest BCUT2D eigenvalue weighted by Gasteiger charge is -2.14. The Hall–Kier alpha value is -17.5. The van der Waals surface area contributed by atoms with Crippen molar-refractivity contribution in [2.24, 2.45) is 0 Å². The van der Waals surface area contributed by atoms with E-state index in [0.717, 1.165) is 108 Å². The normalized spacial score (nSPS) is 11.4. The molecule has 0 bridgehead atoms. The third kappa shape index (κ3) is 17.0. The minimum Gasteiger partial charge on any atom is -0.508 e. The predicted octanol–water partition coefficient (Wildman–Crippen LogP) is 23.8. The molecule has 4 aromatic heterocycles. The Labute approximate surface area is 754 Å². The lowest BCUT2D eigenvalue weighted by atomic mass is 9.92. The SMILES string of the molecule is CC(C)Oc1nc(-c2ccc(O)cc2O)nc(-c2cc3c4ccccc4ccc3c3ccccc23)n1.CC(C)Oc1nc(-c2ccc3cc4ccccc4cc3c2)nc(-c2ccc(O)cc2O)n1.CCOc1nc(-c2ccc(O)cc2O)nc(-c2cc3ccccc3c3ccccc23)n1.CCOc1nc(-c2ccc(O)cc2O)nc(-c2ccc3ccc4cccc5ccc2c3c45)n1. The topological polar surface area (TPSA) is 353 Å². The van der Waals surface area contributed by atoms with Gasteiger partial charge in [0.25, 0.3) is 0 Å². The van der Waals surface area contributed by atoms with Crippen molar-refractivity contribution in [2.45, 2.75) is 53.8 Å². The smallest absolute Gasteiger partial charge is 0.320 e. The van der Waals surface area contributed by atoms with Gasteiger partial charge >= 0.3 is 24.0 Å². The van der Waals surface area contributed by atoms with Crippen LogP contribution in [-0.4, -0.2) is 126 Å². The molecule has 0 radical (unpaired) electrons. The lowest BCUT2D eigenvalue weighted by Crippen LogP contribution is -2.10. The number of phenols is 8. The highest BCUT2D eigenvalue weighted by atomic mass is 16.5. The fraction of sp³-hybridized carbons (Fsp3) is 0.0926. The van der Waals surface area contributed by atoms with Crippen LogP contribution >= 0.6 is 0 Å². The van der Waals surface area contributed by atoms with Crippen LogP contribution in [0.5, 0.6) is 70.0 Å².